The lowest BCUT2D eigenvalue weighted by Crippen LogP contribution is -2.48. The first-order valence-corrected chi connectivity index (χ1v) is 7.12. The molecule has 0 spiro atoms. The molecule has 6 heteroatoms. The highest BCUT2D eigenvalue weighted by Gasteiger charge is 2.08. The first-order valence-electron chi connectivity index (χ1n) is 7.12. The summed E-state index contributed by atoms with van der Waals surface area (Å²) in [6, 6.07) is 5.20. The molecular formula is C15H22FN3O2. The van der Waals surface area contributed by atoms with Gasteiger partial charge in [0.1, 0.15) is 5.82 Å². The van der Waals surface area contributed by atoms with Crippen molar-refractivity contribution < 1.29 is 14.0 Å². The fourth-order valence-corrected chi connectivity index (χ4v) is 1.82. The summed E-state index contributed by atoms with van der Waals surface area (Å²) in [5, 5.41) is 2.70. The molecule has 5 nitrogen and oxygen atoms in total. The van der Waals surface area contributed by atoms with Crippen LogP contribution in [-0.4, -0.2) is 18.5 Å². The molecule has 0 atom stereocenters. The van der Waals surface area contributed by atoms with Gasteiger partial charge in [-0.2, -0.15) is 0 Å². The lowest BCUT2D eigenvalue weighted by molar-refractivity contribution is -0.121. The van der Waals surface area contributed by atoms with E-state index >= 15 is 0 Å². The van der Waals surface area contributed by atoms with E-state index in [1.54, 1.807) is 0 Å². The number of urea groups is 1. The third-order valence-electron chi connectivity index (χ3n) is 3.30. The first kappa shape index (κ1) is 16.9. The van der Waals surface area contributed by atoms with Crippen molar-refractivity contribution in [3.05, 3.63) is 35.6 Å². The molecule has 116 valence electrons. The van der Waals surface area contributed by atoms with Gasteiger partial charge in [0.25, 0.3) is 0 Å². The van der Waals surface area contributed by atoms with Crippen molar-refractivity contribution in [3.63, 3.8) is 0 Å². The number of carbonyl (C=O) groups excluding carboxylic acids is 2. The van der Waals surface area contributed by atoms with Crippen molar-refractivity contribution in [2.75, 3.05) is 6.54 Å². The second kappa shape index (κ2) is 8.94. The molecule has 1 aromatic carbocycles. The summed E-state index contributed by atoms with van der Waals surface area (Å²) in [5.74, 6) is -0.275. The van der Waals surface area contributed by atoms with Crippen LogP contribution in [0.4, 0.5) is 9.18 Å². The maximum atomic E-state index is 12.7. The maximum absolute atomic E-state index is 12.7. The average molecular weight is 295 g/mol. The van der Waals surface area contributed by atoms with E-state index in [4.69, 9.17) is 0 Å². The van der Waals surface area contributed by atoms with Crippen molar-refractivity contribution >= 4 is 11.9 Å². The Labute approximate surface area is 124 Å². The number of carbonyl (C=O) groups is 2. The molecule has 1 rings (SSSR count). The Bertz CT molecular complexity index is 458. The Balaban J connectivity index is 2.26. The summed E-state index contributed by atoms with van der Waals surface area (Å²) < 4.78 is 12.7. The van der Waals surface area contributed by atoms with E-state index in [-0.39, 0.29) is 18.1 Å². The van der Waals surface area contributed by atoms with E-state index in [2.05, 4.69) is 30.0 Å². The zero-order valence-corrected chi connectivity index (χ0v) is 12.4. The van der Waals surface area contributed by atoms with E-state index < -0.39 is 6.03 Å². The van der Waals surface area contributed by atoms with Crippen LogP contribution in [0.2, 0.25) is 0 Å². The van der Waals surface area contributed by atoms with Gasteiger partial charge in [0.05, 0.1) is 6.42 Å². The second-order valence-corrected chi connectivity index (χ2v) is 4.87. The minimum atomic E-state index is -0.436. The van der Waals surface area contributed by atoms with Crippen molar-refractivity contribution in [2.24, 2.45) is 5.92 Å². The molecule has 0 radical (unpaired) electrons. The highest BCUT2D eigenvalue weighted by atomic mass is 19.1. The lowest BCUT2D eigenvalue weighted by Gasteiger charge is -2.14. The molecule has 0 aliphatic carbocycles. The molecule has 3 N–H and O–H groups in total. The maximum Gasteiger partial charge on any atom is 0.333 e. The fraction of sp³-hybridized carbons (Fsp3) is 0.467. The van der Waals surface area contributed by atoms with Crippen LogP contribution < -0.4 is 16.2 Å². The molecule has 0 fully saturated rings. The van der Waals surface area contributed by atoms with E-state index in [1.807, 2.05) is 0 Å². The number of rotatable bonds is 6. The van der Waals surface area contributed by atoms with Gasteiger partial charge in [-0.15, -0.1) is 0 Å². The van der Waals surface area contributed by atoms with Crippen LogP contribution in [0, 0.1) is 11.7 Å². The molecule has 0 saturated carbocycles. The summed E-state index contributed by atoms with van der Waals surface area (Å²) in [5.41, 5.74) is 5.28. The van der Waals surface area contributed by atoms with Gasteiger partial charge in [0.2, 0.25) is 5.91 Å². The predicted molar refractivity (Wildman–Crippen MR) is 78.9 cm³/mol. The highest BCUT2D eigenvalue weighted by Crippen LogP contribution is 2.05. The molecule has 0 bridgehead atoms. The lowest BCUT2D eigenvalue weighted by atomic mass is 10.0. The van der Waals surface area contributed by atoms with Gasteiger partial charge in [0.15, 0.2) is 0 Å². The molecule has 3 amide bonds. The summed E-state index contributed by atoms with van der Waals surface area (Å²) in [6.45, 7) is 4.71. The van der Waals surface area contributed by atoms with E-state index in [0.29, 0.717) is 18.0 Å². The largest absolute Gasteiger partial charge is 0.336 e. The molecule has 1 aromatic rings. The molecule has 21 heavy (non-hydrogen) atoms. The monoisotopic (exact) mass is 295 g/mol. The van der Waals surface area contributed by atoms with Gasteiger partial charge in [-0.1, -0.05) is 38.8 Å². The van der Waals surface area contributed by atoms with Crippen LogP contribution in [-0.2, 0) is 11.2 Å². The topological polar surface area (TPSA) is 70.2 Å². The van der Waals surface area contributed by atoms with Crippen molar-refractivity contribution in [1.29, 1.82) is 0 Å². The van der Waals surface area contributed by atoms with Crippen molar-refractivity contribution in [2.45, 2.75) is 33.1 Å². The van der Waals surface area contributed by atoms with Crippen LogP contribution in [0.3, 0.4) is 0 Å². The van der Waals surface area contributed by atoms with Gasteiger partial charge in [-0.05, 0) is 23.6 Å². The summed E-state index contributed by atoms with van der Waals surface area (Å²) in [7, 11) is 0. The Morgan fingerprint density at radius 2 is 1.71 bits per heavy atom. The average Bonchev–Trinajstić information content (AvgIpc) is 2.48. The standard InChI is InChI=1S/C15H22FN3O2/c1-3-11(4-2)10-17-15(21)19-18-14(20)9-12-5-7-13(16)8-6-12/h5-8,11H,3-4,9-10H2,1-2H3,(H,18,20)(H2,17,19,21). The van der Waals surface area contributed by atoms with Crippen LogP contribution in [0.25, 0.3) is 0 Å². The zero-order chi connectivity index (χ0) is 15.7. The molecule has 0 heterocycles. The van der Waals surface area contributed by atoms with Crippen LogP contribution in [0.15, 0.2) is 24.3 Å². The molecule has 0 unspecified atom stereocenters. The quantitative estimate of drug-likeness (QED) is 0.704. The third kappa shape index (κ3) is 6.74. The molecule has 0 saturated heterocycles. The summed E-state index contributed by atoms with van der Waals surface area (Å²) in [4.78, 5) is 23.1. The zero-order valence-electron chi connectivity index (χ0n) is 12.4. The van der Waals surface area contributed by atoms with E-state index in [0.717, 1.165) is 12.8 Å². The third-order valence-corrected chi connectivity index (χ3v) is 3.30. The number of hydrogen-bond donors (Lipinski definition) is 3. The SMILES string of the molecule is CCC(CC)CNC(=O)NNC(=O)Cc1ccc(F)cc1. The number of nitrogens with one attached hydrogen (secondary N) is 3. The van der Waals surface area contributed by atoms with Gasteiger partial charge >= 0.3 is 6.03 Å². The smallest absolute Gasteiger partial charge is 0.333 e. The molecule has 0 aliphatic rings. The molecule has 0 aliphatic heterocycles. The van der Waals surface area contributed by atoms with Crippen LogP contribution in [0.1, 0.15) is 32.3 Å². The van der Waals surface area contributed by atoms with Crippen LogP contribution >= 0.6 is 0 Å². The van der Waals surface area contributed by atoms with E-state index in [1.165, 1.54) is 24.3 Å². The normalized spacial score (nSPS) is 10.3. The van der Waals surface area contributed by atoms with Gasteiger partial charge in [-0.25, -0.2) is 14.6 Å². The number of hydrogen-bond acceptors (Lipinski definition) is 2. The Kier molecular flexibility index (Phi) is 7.21. The highest BCUT2D eigenvalue weighted by molar-refractivity contribution is 5.82. The Morgan fingerprint density at radius 1 is 1.10 bits per heavy atom. The van der Waals surface area contributed by atoms with Gasteiger partial charge in [-0.3, -0.25) is 10.2 Å². The minimum Gasteiger partial charge on any atom is -0.336 e. The Hall–Kier alpha value is -2.11. The minimum absolute atomic E-state index is 0.0765. The number of amides is 3. The number of halogens is 1. The first-order chi connectivity index (χ1) is 10.0. The number of hydrazine groups is 1. The summed E-state index contributed by atoms with van der Waals surface area (Å²) in [6.07, 6.45) is 2.06. The van der Waals surface area contributed by atoms with Gasteiger partial charge < -0.3 is 5.32 Å². The van der Waals surface area contributed by atoms with Crippen LogP contribution in [0.5, 0.6) is 0 Å². The van der Waals surface area contributed by atoms with E-state index in [9.17, 15) is 14.0 Å². The van der Waals surface area contributed by atoms with Crippen molar-refractivity contribution in [3.8, 4) is 0 Å². The summed E-state index contributed by atoms with van der Waals surface area (Å²) >= 11 is 0. The molecule has 0 aromatic heterocycles. The second-order valence-electron chi connectivity index (χ2n) is 4.87. The Morgan fingerprint density at radius 3 is 2.29 bits per heavy atom. The fourth-order valence-electron chi connectivity index (χ4n) is 1.82. The predicted octanol–water partition coefficient (Wildman–Crippen LogP) is 2.13. The van der Waals surface area contributed by atoms with Gasteiger partial charge in [0, 0.05) is 6.54 Å². The van der Waals surface area contributed by atoms with Crippen molar-refractivity contribution in [1.82, 2.24) is 16.2 Å². The molecular weight excluding hydrogens is 273 g/mol. The number of benzene rings is 1.